The Labute approximate surface area is 204 Å². The molecule has 35 heavy (non-hydrogen) atoms. The fraction of sp³-hybridized carbons (Fsp3) is 0.269. The first-order valence-corrected chi connectivity index (χ1v) is 13.5. The number of anilines is 2. The summed E-state index contributed by atoms with van der Waals surface area (Å²) in [5.74, 6) is 1.06. The number of nitrogens with zero attached hydrogens (tertiary/aromatic N) is 4. The lowest BCUT2D eigenvalue weighted by molar-refractivity contribution is 0.0988. The molecule has 3 heterocycles. The Morgan fingerprint density at radius 1 is 1.00 bits per heavy atom. The maximum atomic E-state index is 11.8. The normalized spacial score (nSPS) is 15.8. The summed E-state index contributed by atoms with van der Waals surface area (Å²) in [6, 6.07) is 19.6. The lowest BCUT2D eigenvalue weighted by atomic mass is 10.0. The molecule has 8 nitrogen and oxygen atoms in total. The van der Waals surface area contributed by atoms with Gasteiger partial charge in [-0.05, 0) is 47.5 Å². The van der Waals surface area contributed by atoms with Gasteiger partial charge >= 0.3 is 0 Å². The van der Waals surface area contributed by atoms with E-state index in [4.69, 9.17) is 4.98 Å². The number of pyridine rings is 1. The van der Waals surface area contributed by atoms with E-state index in [-0.39, 0.29) is 17.3 Å². The van der Waals surface area contributed by atoms with Crippen LogP contribution in [-0.4, -0.2) is 58.3 Å². The van der Waals surface area contributed by atoms with Gasteiger partial charge in [-0.1, -0.05) is 31.2 Å². The maximum absolute atomic E-state index is 11.8. The van der Waals surface area contributed by atoms with Crippen molar-refractivity contribution in [2.24, 2.45) is 0 Å². The van der Waals surface area contributed by atoms with Crippen LogP contribution < -0.4 is 5.32 Å². The fourth-order valence-corrected chi connectivity index (χ4v) is 5.49. The van der Waals surface area contributed by atoms with E-state index < -0.39 is 9.84 Å². The molecule has 180 valence electrons. The molecule has 0 unspecified atom stereocenters. The lowest BCUT2D eigenvalue weighted by Crippen LogP contribution is -2.39. The van der Waals surface area contributed by atoms with Crippen LogP contribution in [0.1, 0.15) is 29.3 Å². The van der Waals surface area contributed by atoms with Crippen molar-refractivity contribution in [3.8, 4) is 11.1 Å². The van der Waals surface area contributed by atoms with Crippen LogP contribution in [0.2, 0.25) is 0 Å². The molecule has 5 rings (SSSR count). The molecule has 1 N–H and O–H groups in total. The van der Waals surface area contributed by atoms with Crippen molar-refractivity contribution >= 4 is 32.9 Å². The molecule has 0 bridgehead atoms. The molecule has 1 fully saturated rings. The second kappa shape index (κ2) is 9.59. The predicted octanol–water partition coefficient (Wildman–Crippen LogP) is 3.96. The van der Waals surface area contributed by atoms with E-state index in [1.165, 1.54) is 0 Å². The highest BCUT2D eigenvalue weighted by atomic mass is 32.2. The fourth-order valence-electron chi connectivity index (χ4n) is 4.21. The van der Waals surface area contributed by atoms with Crippen molar-refractivity contribution in [1.82, 2.24) is 19.5 Å². The molecular weight excluding hydrogens is 462 g/mol. The summed E-state index contributed by atoms with van der Waals surface area (Å²) < 4.78 is 25.1. The number of hydrogen-bond donors (Lipinski definition) is 1. The molecule has 0 aliphatic carbocycles. The molecule has 0 atom stereocenters. The minimum Gasteiger partial charge on any atom is -0.323 e. The number of benzene rings is 2. The highest BCUT2D eigenvalue weighted by Crippen LogP contribution is 2.26. The monoisotopic (exact) mass is 489 g/mol. The molecule has 0 saturated carbocycles. The Balaban J connectivity index is 1.32. The Hall–Kier alpha value is -3.56. The summed E-state index contributed by atoms with van der Waals surface area (Å²) in [5, 5.41) is 7.76. The van der Waals surface area contributed by atoms with Gasteiger partial charge in [-0.2, -0.15) is 4.98 Å². The van der Waals surface area contributed by atoms with Crippen molar-refractivity contribution in [2.75, 3.05) is 29.9 Å². The standard InChI is InChI=1S/C26H27N5O3S/c1-2-24(32)21-9-11-22(12-10-21)27-26-28-25-23(4-3-13-31(25)29-26)20-7-5-19(6-8-20)18-30-14-16-35(33,34)17-15-30/h3-13H,2,14-18H2,1H3,(H,27,29). The summed E-state index contributed by atoms with van der Waals surface area (Å²) in [6.45, 7) is 3.75. The average Bonchev–Trinajstić information content (AvgIpc) is 3.28. The van der Waals surface area contributed by atoms with Gasteiger partial charge in [0.15, 0.2) is 21.3 Å². The smallest absolute Gasteiger partial charge is 0.247 e. The summed E-state index contributed by atoms with van der Waals surface area (Å²) in [5.41, 5.74) is 5.38. The first-order chi connectivity index (χ1) is 16.9. The number of fused-ring (bicyclic) bond motifs is 1. The molecular formula is C26H27N5O3S. The number of carbonyl (C=O) groups excluding carboxylic acids is 1. The Bertz CT molecular complexity index is 1450. The van der Waals surface area contributed by atoms with Crippen LogP contribution in [0.5, 0.6) is 0 Å². The number of rotatable bonds is 7. The quantitative estimate of drug-likeness (QED) is 0.393. The Morgan fingerprint density at radius 2 is 1.71 bits per heavy atom. The third kappa shape index (κ3) is 5.26. The van der Waals surface area contributed by atoms with Crippen LogP contribution in [0.15, 0.2) is 66.9 Å². The van der Waals surface area contributed by atoms with Gasteiger partial charge in [-0.25, -0.2) is 12.9 Å². The second-order valence-corrected chi connectivity index (χ2v) is 11.0. The molecule has 1 aliphatic rings. The van der Waals surface area contributed by atoms with Gasteiger partial charge in [-0.3, -0.25) is 9.69 Å². The van der Waals surface area contributed by atoms with Gasteiger partial charge in [0.25, 0.3) is 0 Å². The molecule has 4 aromatic rings. The zero-order valence-corrected chi connectivity index (χ0v) is 20.3. The van der Waals surface area contributed by atoms with E-state index in [9.17, 15) is 13.2 Å². The van der Waals surface area contributed by atoms with Crippen LogP contribution in [0, 0.1) is 0 Å². The molecule has 1 saturated heterocycles. The molecule has 2 aromatic heterocycles. The summed E-state index contributed by atoms with van der Waals surface area (Å²) >= 11 is 0. The van der Waals surface area contributed by atoms with Crippen LogP contribution in [0.4, 0.5) is 11.6 Å². The van der Waals surface area contributed by atoms with Crippen molar-refractivity contribution < 1.29 is 13.2 Å². The van der Waals surface area contributed by atoms with Crippen molar-refractivity contribution in [2.45, 2.75) is 19.9 Å². The zero-order chi connectivity index (χ0) is 24.4. The summed E-state index contributed by atoms with van der Waals surface area (Å²) in [6.07, 6.45) is 2.34. The van der Waals surface area contributed by atoms with Crippen molar-refractivity contribution in [3.63, 3.8) is 0 Å². The van der Waals surface area contributed by atoms with Crippen molar-refractivity contribution in [3.05, 3.63) is 78.0 Å². The highest BCUT2D eigenvalue weighted by Gasteiger charge is 2.21. The third-order valence-corrected chi connectivity index (χ3v) is 7.86. The van der Waals surface area contributed by atoms with Gasteiger partial charge in [0.2, 0.25) is 5.95 Å². The number of sulfone groups is 1. The van der Waals surface area contributed by atoms with Gasteiger partial charge in [-0.15, -0.1) is 5.10 Å². The predicted molar refractivity (Wildman–Crippen MR) is 137 cm³/mol. The molecule has 1 aliphatic heterocycles. The maximum Gasteiger partial charge on any atom is 0.247 e. The Kier molecular flexibility index (Phi) is 6.36. The minimum absolute atomic E-state index is 0.113. The van der Waals surface area contributed by atoms with Crippen LogP contribution >= 0.6 is 0 Å². The van der Waals surface area contributed by atoms with Gasteiger partial charge in [0.1, 0.15) is 0 Å². The van der Waals surface area contributed by atoms with E-state index in [1.54, 1.807) is 16.6 Å². The first kappa shape index (κ1) is 23.2. The summed E-state index contributed by atoms with van der Waals surface area (Å²) in [7, 11) is -2.87. The number of hydrogen-bond acceptors (Lipinski definition) is 7. The van der Waals surface area contributed by atoms with E-state index in [1.807, 2.05) is 37.4 Å². The minimum atomic E-state index is -2.87. The molecule has 2 aromatic carbocycles. The highest BCUT2D eigenvalue weighted by molar-refractivity contribution is 7.91. The van der Waals surface area contributed by atoms with Gasteiger partial charge in [0, 0.05) is 49.1 Å². The molecule has 9 heteroatoms. The SMILES string of the molecule is CCC(=O)c1ccc(Nc2nc3c(-c4ccc(CN5CCS(=O)(=O)CC5)cc4)cccn3n2)cc1. The number of Topliss-reactive ketones (excluding diaryl/α,β-unsaturated/α-hetero) is 1. The zero-order valence-electron chi connectivity index (χ0n) is 19.5. The van der Waals surface area contributed by atoms with E-state index in [0.717, 1.165) is 34.6 Å². The lowest BCUT2D eigenvalue weighted by Gasteiger charge is -2.26. The summed E-state index contributed by atoms with van der Waals surface area (Å²) in [4.78, 5) is 18.7. The van der Waals surface area contributed by atoms with Crippen LogP contribution in [0.3, 0.4) is 0 Å². The number of aromatic nitrogens is 3. The number of carbonyl (C=O) groups is 1. The Morgan fingerprint density at radius 3 is 2.40 bits per heavy atom. The van der Waals surface area contributed by atoms with Gasteiger partial charge in [0.05, 0.1) is 11.5 Å². The van der Waals surface area contributed by atoms with E-state index >= 15 is 0 Å². The number of ketones is 1. The van der Waals surface area contributed by atoms with Crippen LogP contribution in [-0.2, 0) is 16.4 Å². The first-order valence-electron chi connectivity index (χ1n) is 11.7. The van der Waals surface area contributed by atoms with E-state index in [2.05, 4.69) is 39.6 Å². The van der Waals surface area contributed by atoms with Crippen LogP contribution in [0.25, 0.3) is 16.8 Å². The number of nitrogens with one attached hydrogen (secondary N) is 1. The molecule has 0 spiro atoms. The largest absolute Gasteiger partial charge is 0.323 e. The topological polar surface area (TPSA) is 96.7 Å². The third-order valence-electron chi connectivity index (χ3n) is 6.25. The average molecular weight is 490 g/mol. The molecule has 0 amide bonds. The second-order valence-electron chi connectivity index (χ2n) is 8.73. The molecule has 0 radical (unpaired) electrons. The van der Waals surface area contributed by atoms with Gasteiger partial charge < -0.3 is 5.32 Å². The van der Waals surface area contributed by atoms with E-state index in [0.29, 0.717) is 31.0 Å². The van der Waals surface area contributed by atoms with Crippen molar-refractivity contribution in [1.29, 1.82) is 0 Å².